The first-order valence-electron chi connectivity index (χ1n) is 5.83. The number of rotatable bonds is 7. The van der Waals surface area contributed by atoms with E-state index in [0.29, 0.717) is 37.6 Å². The summed E-state index contributed by atoms with van der Waals surface area (Å²) in [5.74, 6) is -0.199. The standard InChI is InChI=1S/C13H17ClFNO2/c1-10-3-4-11(15)9-12(10)13(17)16-6-2-7-18-8-5-14/h3-4,9H,2,5-8H2,1H3,(H,16,17). The number of amides is 1. The van der Waals surface area contributed by atoms with Crippen LogP contribution in [0.4, 0.5) is 4.39 Å². The zero-order valence-corrected chi connectivity index (χ0v) is 11.1. The van der Waals surface area contributed by atoms with Crippen molar-refractivity contribution < 1.29 is 13.9 Å². The Balaban J connectivity index is 2.34. The van der Waals surface area contributed by atoms with Gasteiger partial charge in [-0.2, -0.15) is 0 Å². The maximum atomic E-state index is 13.0. The molecule has 1 amide bonds. The summed E-state index contributed by atoms with van der Waals surface area (Å²) in [6, 6.07) is 4.18. The highest BCUT2D eigenvalue weighted by Crippen LogP contribution is 2.09. The van der Waals surface area contributed by atoms with Gasteiger partial charge in [-0.05, 0) is 31.0 Å². The summed E-state index contributed by atoms with van der Waals surface area (Å²) in [5, 5.41) is 2.73. The Morgan fingerprint density at radius 1 is 1.44 bits per heavy atom. The minimum absolute atomic E-state index is 0.260. The van der Waals surface area contributed by atoms with Crippen molar-refractivity contribution in [1.82, 2.24) is 5.32 Å². The SMILES string of the molecule is Cc1ccc(F)cc1C(=O)NCCCOCCCl. The third kappa shape index (κ3) is 5.02. The fraction of sp³-hybridized carbons (Fsp3) is 0.462. The second kappa shape index (κ2) is 8.06. The van der Waals surface area contributed by atoms with Gasteiger partial charge >= 0.3 is 0 Å². The van der Waals surface area contributed by atoms with Gasteiger partial charge in [0.2, 0.25) is 0 Å². The van der Waals surface area contributed by atoms with Gasteiger partial charge in [-0.3, -0.25) is 4.79 Å². The van der Waals surface area contributed by atoms with Gasteiger partial charge in [0.25, 0.3) is 5.91 Å². The molecule has 0 saturated carbocycles. The number of halogens is 2. The van der Waals surface area contributed by atoms with E-state index in [2.05, 4.69) is 5.32 Å². The lowest BCUT2D eigenvalue weighted by Crippen LogP contribution is -2.26. The molecule has 18 heavy (non-hydrogen) atoms. The van der Waals surface area contributed by atoms with E-state index in [1.807, 2.05) is 0 Å². The Bertz CT molecular complexity index is 399. The molecular weight excluding hydrogens is 257 g/mol. The second-order valence-electron chi connectivity index (χ2n) is 3.87. The molecule has 0 unspecified atom stereocenters. The van der Waals surface area contributed by atoms with Gasteiger partial charge in [-0.1, -0.05) is 6.07 Å². The summed E-state index contributed by atoms with van der Waals surface area (Å²) < 4.78 is 18.2. The predicted molar refractivity (Wildman–Crippen MR) is 69.6 cm³/mol. The zero-order chi connectivity index (χ0) is 13.4. The molecule has 1 rings (SSSR count). The number of nitrogens with one attached hydrogen (secondary N) is 1. The number of aryl methyl sites for hydroxylation is 1. The Hall–Kier alpha value is -1.13. The minimum Gasteiger partial charge on any atom is -0.380 e. The first-order chi connectivity index (χ1) is 8.65. The van der Waals surface area contributed by atoms with Gasteiger partial charge in [0.15, 0.2) is 0 Å². The second-order valence-corrected chi connectivity index (χ2v) is 4.25. The van der Waals surface area contributed by atoms with Crippen LogP contribution in [0.15, 0.2) is 18.2 Å². The van der Waals surface area contributed by atoms with E-state index < -0.39 is 5.82 Å². The fourth-order valence-electron chi connectivity index (χ4n) is 1.47. The molecule has 0 aliphatic heterocycles. The van der Waals surface area contributed by atoms with E-state index in [9.17, 15) is 9.18 Å². The zero-order valence-electron chi connectivity index (χ0n) is 10.3. The highest BCUT2D eigenvalue weighted by molar-refractivity contribution is 6.17. The van der Waals surface area contributed by atoms with E-state index in [4.69, 9.17) is 16.3 Å². The van der Waals surface area contributed by atoms with Gasteiger partial charge in [0, 0.05) is 24.6 Å². The molecule has 0 bridgehead atoms. The largest absolute Gasteiger partial charge is 0.380 e. The number of benzene rings is 1. The van der Waals surface area contributed by atoms with Crippen molar-refractivity contribution in [3.63, 3.8) is 0 Å². The molecule has 1 aromatic rings. The Morgan fingerprint density at radius 2 is 2.22 bits per heavy atom. The van der Waals surface area contributed by atoms with Gasteiger partial charge in [0.05, 0.1) is 6.61 Å². The molecular formula is C13H17ClFNO2. The lowest BCUT2D eigenvalue weighted by molar-refractivity contribution is 0.0943. The normalized spacial score (nSPS) is 10.4. The number of carbonyl (C=O) groups is 1. The molecule has 0 spiro atoms. The monoisotopic (exact) mass is 273 g/mol. The number of alkyl halides is 1. The number of ether oxygens (including phenoxy) is 1. The van der Waals surface area contributed by atoms with Crippen molar-refractivity contribution >= 4 is 17.5 Å². The smallest absolute Gasteiger partial charge is 0.251 e. The van der Waals surface area contributed by atoms with Crippen LogP contribution >= 0.6 is 11.6 Å². The molecule has 0 saturated heterocycles. The lowest BCUT2D eigenvalue weighted by Gasteiger charge is -2.08. The van der Waals surface area contributed by atoms with Gasteiger partial charge < -0.3 is 10.1 Å². The molecule has 1 aromatic carbocycles. The predicted octanol–water partition coefficient (Wildman–Crippen LogP) is 2.51. The van der Waals surface area contributed by atoms with Crippen LogP contribution in [0.2, 0.25) is 0 Å². The average molecular weight is 274 g/mol. The van der Waals surface area contributed by atoms with Crippen molar-refractivity contribution in [2.45, 2.75) is 13.3 Å². The number of carbonyl (C=O) groups excluding carboxylic acids is 1. The molecule has 0 radical (unpaired) electrons. The molecule has 0 heterocycles. The maximum Gasteiger partial charge on any atom is 0.251 e. The van der Waals surface area contributed by atoms with Crippen molar-refractivity contribution in [1.29, 1.82) is 0 Å². The molecule has 3 nitrogen and oxygen atoms in total. The molecule has 0 aromatic heterocycles. The Morgan fingerprint density at radius 3 is 2.94 bits per heavy atom. The summed E-state index contributed by atoms with van der Waals surface area (Å²) in [4.78, 5) is 11.8. The van der Waals surface area contributed by atoms with Crippen molar-refractivity contribution in [2.24, 2.45) is 0 Å². The third-order valence-electron chi connectivity index (χ3n) is 2.42. The topological polar surface area (TPSA) is 38.3 Å². The van der Waals surface area contributed by atoms with Crippen LogP contribution in [0.1, 0.15) is 22.3 Å². The quantitative estimate of drug-likeness (QED) is 0.612. The van der Waals surface area contributed by atoms with E-state index >= 15 is 0 Å². The fourth-order valence-corrected chi connectivity index (χ4v) is 1.58. The third-order valence-corrected chi connectivity index (χ3v) is 2.57. The number of hydrogen-bond acceptors (Lipinski definition) is 2. The van der Waals surface area contributed by atoms with Crippen LogP contribution in [0, 0.1) is 12.7 Å². The first-order valence-corrected chi connectivity index (χ1v) is 6.36. The van der Waals surface area contributed by atoms with E-state index in [1.54, 1.807) is 13.0 Å². The molecule has 1 N–H and O–H groups in total. The molecule has 0 atom stereocenters. The van der Waals surface area contributed by atoms with Crippen LogP contribution in [0.5, 0.6) is 0 Å². The van der Waals surface area contributed by atoms with E-state index in [-0.39, 0.29) is 5.91 Å². The van der Waals surface area contributed by atoms with Crippen molar-refractivity contribution in [3.05, 3.63) is 35.1 Å². The Kier molecular flexibility index (Phi) is 6.68. The summed E-state index contributed by atoms with van der Waals surface area (Å²) in [6.45, 7) is 3.34. The van der Waals surface area contributed by atoms with Crippen LogP contribution in [0.25, 0.3) is 0 Å². The van der Waals surface area contributed by atoms with Crippen LogP contribution < -0.4 is 5.32 Å². The van der Waals surface area contributed by atoms with Gasteiger partial charge in [-0.25, -0.2) is 4.39 Å². The van der Waals surface area contributed by atoms with Gasteiger partial charge in [0.1, 0.15) is 5.82 Å². The van der Waals surface area contributed by atoms with Crippen molar-refractivity contribution in [3.8, 4) is 0 Å². The summed E-state index contributed by atoms with van der Waals surface area (Å²) >= 11 is 5.45. The Labute approximate surface area is 111 Å². The summed E-state index contributed by atoms with van der Waals surface area (Å²) in [6.07, 6.45) is 0.705. The minimum atomic E-state index is -0.406. The lowest BCUT2D eigenvalue weighted by atomic mass is 10.1. The van der Waals surface area contributed by atoms with E-state index in [0.717, 1.165) is 5.56 Å². The molecule has 0 fully saturated rings. The average Bonchev–Trinajstić information content (AvgIpc) is 2.36. The van der Waals surface area contributed by atoms with Gasteiger partial charge in [-0.15, -0.1) is 11.6 Å². The number of hydrogen-bond donors (Lipinski definition) is 1. The summed E-state index contributed by atoms with van der Waals surface area (Å²) in [5.41, 5.74) is 1.13. The van der Waals surface area contributed by atoms with Crippen LogP contribution in [-0.4, -0.2) is 31.5 Å². The molecule has 0 aliphatic carbocycles. The maximum absolute atomic E-state index is 13.0. The van der Waals surface area contributed by atoms with E-state index in [1.165, 1.54) is 12.1 Å². The van der Waals surface area contributed by atoms with Crippen LogP contribution in [0.3, 0.4) is 0 Å². The molecule has 0 aliphatic rings. The highest BCUT2D eigenvalue weighted by atomic mass is 35.5. The summed E-state index contributed by atoms with van der Waals surface area (Å²) in [7, 11) is 0. The molecule has 100 valence electrons. The van der Waals surface area contributed by atoms with Crippen LogP contribution in [-0.2, 0) is 4.74 Å². The molecule has 5 heteroatoms. The highest BCUT2D eigenvalue weighted by Gasteiger charge is 2.09. The van der Waals surface area contributed by atoms with Crippen molar-refractivity contribution in [2.75, 3.05) is 25.6 Å². The first kappa shape index (κ1) is 14.9.